The van der Waals surface area contributed by atoms with E-state index >= 15 is 0 Å². The smallest absolute Gasteiger partial charge is 0.425 e. The first-order valence-corrected chi connectivity index (χ1v) is 7.91. The summed E-state index contributed by atoms with van der Waals surface area (Å²) in [5.41, 5.74) is 4.61. The molecule has 0 saturated heterocycles. The van der Waals surface area contributed by atoms with Gasteiger partial charge in [-0.1, -0.05) is 0 Å². The molecule has 1 atom stereocenters. The first-order valence-electron chi connectivity index (χ1n) is 7.12. The molecule has 2 aromatic heterocycles. The van der Waals surface area contributed by atoms with Gasteiger partial charge >= 0.3 is 16.9 Å². The summed E-state index contributed by atoms with van der Waals surface area (Å²) in [6, 6.07) is 2.67. The van der Waals surface area contributed by atoms with Crippen LogP contribution >= 0.6 is 15.9 Å². The van der Waals surface area contributed by atoms with Crippen molar-refractivity contribution in [1.29, 1.82) is 0 Å². The van der Waals surface area contributed by atoms with Crippen molar-refractivity contribution >= 4 is 27.7 Å². The Balaban J connectivity index is 2.00. The van der Waals surface area contributed by atoms with Crippen LogP contribution in [0.3, 0.4) is 0 Å². The second-order valence-electron chi connectivity index (χ2n) is 5.05. The molecule has 0 spiro atoms. The molecule has 1 amide bonds. The summed E-state index contributed by atoms with van der Waals surface area (Å²) in [5, 5.41) is 0. The van der Waals surface area contributed by atoms with Crippen LogP contribution in [-0.4, -0.2) is 38.0 Å². The summed E-state index contributed by atoms with van der Waals surface area (Å²) in [6.45, 7) is 0.858. The Morgan fingerprint density at radius 1 is 1.11 bits per heavy atom. The summed E-state index contributed by atoms with van der Waals surface area (Å²) >= 11 is 1.89. The second-order valence-corrected chi connectivity index (χ2v) is 6.05. The molecule has 0 fully saturated rings. The minimum absolute atomic E-state index is 0.0178. The van der Waals surface area contributed by atoms with Gasteiger partial charge in [-0.3, -0.25) is 20.6 Å². The van der Waals surface area contributed by atoms with Gasteiger partial charge in [-0.15, -0.1) is 0 Å². The summed E-state index contributed by atoms with van der Waals surface area (Å²) in [5.74, 6) is -1.86. The fraction of sp³-hybridized carbons (Fsp3) is 0.286. The number of pyridine rings is 1. The molecule has 0 aliphatic rings. The number of nitrogens with one attached hydrogen (secondary N) is 2. The van der Waals surface area contributed by atoms with Crippen LogP contribution in [0.25, 0.3) is 11.3 Å². The zero-order chi connectivity index (χ0) is 20.2. The Bertz CT molecular complexity index is 780. The normalized spacial score (nSPS) is 13.0. The highest BCUT2D eigenvalue weighted by Crippen LogP contribution is 2.25. The number of halogens is 6. The van der Waals surface area contributed by atoms with Gasteiger partial charge in [-0.05, 0) is 13.0 Å². The molecule has 13 heteroatoms. The standard InChI is InChI=1S/C14H11BrF5N5O2/c1-7(14(18,19)20)27-11-3-2-8(4-23-11)9-5-22-10(6-21-9)24-25-12(26)13(15,16)17/h2-7H,1H3,(H,22,24)(H,25,26). The average Bonchev–Trinajstić information content (AvgIpc) is 2.59. The van der Waals surface area contributed by atoms with E-state index in [1.807, 2.05) is 15.9 Å². The van der Waals surface area contributed by atoms with Gasteiger partial charge < -0.3 is 4.74 Å². The molecule has 27 heavy (non-hydrogen) atoms. The molecule has 7 nitrogen and oxygen atoms in total. The first-order chi connectivity index (χ1) is 12.5. The molecular formula is C14H11BrF5N5O2. The zero-order valence-electron chi connectivity index (χ0n) is 13.4. The molecule has 2 rings (SSSR count). The fourth-order valence-electron chi connectivity index (χ4n) is 1.58. The Hall–Kier alpha value is -2.57. The minimum Gasteiger partial charge on any atom is -0.465 e. The number of ether oxygens (including phenoxy) is 1. The molecule has 2 aromatic rings. The van der Waals surface area contributed by atoms with Crippen molar-refractivity contribution in [2.45, 2.75) is 24.0 Å². The van der Waals surface area contributed by atoms with Crippen molar-refractivity contribution < 1.29 is 31.5 Å². The average molecular weight is 456 g/mol. The van der Waals surface area contributed by atoms with Crippen molar-refractivity contribution in [3.8, 4) is 17.1 Å². The molecule has 0 saturated carbocycles. The number of hydrogen-bond acceptors (Lipinski definition) is 6. The maximum absolute atomic E-state index is 12.6. The van der Waals surface area contributed by atoms with Crippen LogP contribution in [-0.2, 0) is 4.79 Å². The van der Waals surface area contributed by atoms with Crippen molar-refractivity contribution in [2.75, 3.05) is 5.43 Å². The van der Waals surface area contributed by atoms with Gasteiger partial charge in [0.1, 0.15) is 0 Å². The van der Waals surface area contributed by atoms with Gasteiger partial charge in [0.25, 0.3) is 0 Å². The summed E-state index contributed by atoms with van der Waals surface area (Å²) < 4.78 is 67.3. The van der Waals surface area contributed by atoms with Crippen LogP contribution in [0.5, 0.6) is 5.88 Å². The molecule has 1 unspecified atom stereocenters. The number of amides is 1. The Labute approximate surface area is 157 Å². The van der Waals surface area contributed by atoms with Crippen LogP contribution in [0, 0.1) is 0 Å². The minimum atomic E-state index is -4.51. The molecule has 0 aliphatic heterocycles. The highest BCUT2D eigenvalue weighted by Gasteiger charge is 2.38. The van der Waals surface area contributed by atoms with Crippen molar-refractivity contribution in [3.05, 3.63) is 30.7 Å². The number of anilines is 1. The summed E-state index contributed by atoms with van der Waals surface area (Å²) in [6.07, 6.45) is -2.89. The van der Waals surface area contributed by atoms with Gasteiger partial charge in [0.2, 0.25) is 5.88 Å². The highest BCUT2D eigenvalue weighted by molar-refractivity contribution is 9.10. The van der Waals surface area contributed by atoms with Crippen LogP contribution in [0.2, 0.25) is 0 Å². The van der Waals surface area contributed by atoms with Crippen LogP contribution in [0.4, 0.5) is 27.8 Å². The number of nitrogens with zero attached hydrogens (tertiary/aromatic N) is 3. The molecule has 146 valence electrons. The van der Waals surface area contributed by atoms with E-state index in [1.54, 1.807) is 5.43 Å². The third kappa shape index (κ3) is 5.98. The molecular weight excluding hydrogens is 445 g/mol. The van der Waals surface area contributed by atoms with Crippen LogP contribution < -0.4 is 15.6 Å². The van der Waals surface area contributed by atoms with E-state index in [0.717, 1.165) is 13.1 Å². The van der Waals surface area contributed by atoms with E-state index in [-0.39, 0.29) is 11.7 Å². The first kappa shape index (κ1) is 20.7. The third-order valence-corrected chi connectivity index (χ3v) is 3.36. The number of hydrogen-bond donors (Lipinski definition) is 2. The second kappa shape index (κ2) is 7.98. The van der Waals surface area contributed by atoms with Crippen molar-refractivity contribution in [2.24, 2.45) is 0 Å². The number of hydrazine groups is 1. The van der Waals surface area contributed by atoms with Gasteiger partial charge in [-0.2, -0.15) is 22.0 Å². The van der Waals surface area contributed by atoms with E-state index in [0.29, 0.717) is 11.3 Å². The molecule has 2 N–H and O–H groups in total. The van der Waals surface area contributed by atoms with E-state index in [9.17, 15) is 26.7 Å². The monoisotopic (exact) mass is 455 g/mol. The summed E-state index contributed by atoms with van der Waals surface area (Å²) in [4.78, 5) is 18.8. The molecule has 0 bridgehead atoms. The van der Waals surface area contributed by atoms with Crippen molar-refractivity contribution in [3.63, 3.8) is 0 Å². The van der Waals surface area contributed by atoms with Crippen LogP contribution in [0.15, 0.2) is 30.7 Å². The lowest BCUT2D eigenvalue weighted by molar-refractivity contribution is -0.189. The van der Waals surface area contributed by atoms with E-state index < -0.39 is 23.0 Å². The lowest BCUT2D eigenvalue weighted by atomic mass is 10.2. The Morgan fingerprint density at radius 3 is 2.30 bits per heavy atom. The molecule has 0 aromatic carbocycles. The van der Waals surface area contributed by atoms with Crippen LogP contribution in [0.1, 0.15) is 6.92 Å². The van der Waals surface area contributed by atoms with Gasteiger partial charge in [0.05, 0.1) is 18.1 Å². The number of carbonyl (C=O) groups is 1. The lowest BCUT2D eigenvalue weighted by Crippen LogP contribution is -2.39. The molecule has 0 radical (unpaired) electrons. The predicted molar refractivity (Wildman–Crippen MR) is 87.0 cm³/mol. The largest absolute Gasteiger partial charge is 0.465 e. The van der Waals surface area contributed by atoms with Gasteiger partial charge in [0, 0.05) is 33.8 Å². The number of aromatic nitrogens is 3. The number of alkyl halides is 6. The SMILES string of the molecule is CC(Oc1ccc(-c2cnc(NNC(=O)C(F)(F)Br)cn2)cn1)C(F)(F)F. The quantitative estimate of drug-likeness (QED) is 0.394. The maximum atomic E-state index is 12.6. The fourth-order valence-corrected chi connectivity index (χ4v) is 1.68. The van der Waals surface area contributed by atoms with Gasteiger partial charge in [-0.25, -0.2) is 9.97 Å². The van der Waals surface area contributed by atoms with E-state index in [1.165, 1.54) is 24.5 Å². The third-order valence-electron chi connectivity index (χ3n) is 3.00. The van der Waals surface area contributed by atoms with Gasteiger partial charge in [0.15, 0.2) is 11.9 Å². The topological polar surface area (TPSA) is 89.0 Å². The highest BCUT2D eigenvalue weighted by atomic mass is 79.9. The number of carbonyl (C=O) groups excluding carboxylic acids is 1. The lowest BCUT2D eigenvalue weighted by Gasteiger charge is -2.16. The maximum Gasteiger partial charge on any atom is 0.425 e. The summed E-state index contributed by atoms with van der Waals surface area (Å²) in [7, 11) is 0. The Morgan fingerprint density at radius 2 is 1.81 bits per heavy atom. The van der Waals surface area contributed by atoms with E-state index in [4.69, 9.17) is 0 Å². The molecule has 2 heterocycles. The predicted octanol–water partition coefficient (Wildman–Crippen LogP) is 3.30. The molecule has 0 aliphatic carbocycles. The van der Waals surface area contributed by atoms with E-state index in [2.05, 4.69) is 25.1 Å². The van der Waals surface area contributed by atoms with Crippen molar-refractivity contribution in [1.82, 2.24) is 20.4 Å². The zero-order valence-corrected chi connectivity index (χ0v) is 15.0. The number of rotatable bonds is 6. The Kier molecular flexibility index (Phi) is 6.13.